The molecule has 1 aromatic heterocycles. The van der Waals surface area contributed by atoms with E-state index in [1.54, 1.807) is 0 Å². The SMILES string of the molecule is CN1CCC(C)(CNS(=O)(=O)c2cc(CO)oc2Br)CC1. The molecule has 2 rings (SSSR count). The molecule has 1 saturated heterocycles. The van der Waals surface area contributed by atoms with E-state index in [0.29, 0.717) is 6.54 Å². The van der Waals surface area contributed by atoms with Gasteiger partial charge < -0.3 is 14.4 Å². The van der Waals surface area contributed by atoms with Crippen LogP contribution in [-0.2, 0) is 16.6 Å². The van der Waals surface area contributed by atoms with Crippen LogP contribution in [0.15, 0.2) is 20.0 Å². The third-order valence-electron chi connectivity index (χ3n) is 4.03. The van der Waals surface area contributed by atoms with Crippen molar-refractivity contribution in [3.05, 3.63) is 16.5 Å². The molecule has 0 saturated carbocycles. The number of aliphatic hydroxyl groups excluding tert-OH is 1. The molecule has 21 heavy (non-hydrogen) atoms. The van der Waals surface area contributed by atoms with Crippen molar-refractivity contribution in [2.75, 3.05) is 26.7 Å². The Morgan fingerprint density at radius 1 is 1.48 bits per heavy atom. The second-order valence-electron chi connectivity index (χ2n) is 5.95. The van der Waals surface area contributed by atoms with E-state index in [2.05, 4.69) is 39.5 Å². The molecule has 2 N–H and O–H groups in total. The zero-order chi connectivity index (χ0) is 15.7. The fourth-order valence-electron chi connectivity index (χ4n) is 2.34. The zero-order valence-electron chi connectivity index (χ0n) is 12.2. The van der Waals surface area contributed by atoms with Crippen molar-refractivity contribution in [2.24, 2.45) is 5.41 Å². The van der Waals surface area contributed by atoms with Gasteiger partial charge in [0, 0.05) is 12.6 Å². The average Bonchev–Trinajstić information content (AvgIpc) is 2.83. The topological polar surface area (TPSA) is 82.8 Å². The van der Waals surface area contributed by atoms with Gasteiger partial charge in [-0.2, -0.15) is 0 Å². The van der Waals surface area contributed by atoms with Crippen LogP contribution in [0, 0.1) is 5.41 Å². The largest absolute Gasteiger partial charge is 0.450 e. The smallest absolute Gasteiger partial charge is 0.244 e. The average molecular weight is 381 g/mol. The summed E-state index contributed by atoms with van der Waals surface area (Å²) >= 11 is 3.08. The lowest BCUT2D eigenvalue weighted by Crippen LogP contribution is -2.43. The Morgan fingerprint density at radius 2 is 2.10 bits per heavy atom. The number of furan rings is 1. The van der Waals surface area contributed by atoms with Gasteiger partial charge in [-0.25, -0.2) is 13.1 Å². The van der Waals surface area contributed by atoms with Gasteiger partial charge in [0.1, 0.15) is 17.3 Å². The molecule has 0 bridgehead atoms. The van der Waals surface area contributed by atoms with Crippen molar-refractivity contribution < 1.29 is 17.9 Å². The molecule has 0 aromatic carbocycles. The van der Waals surface area contributed by atoms with Gasteiger partial charge in [0.25, 0.3) is 0 Å². The highest BCUT2D eigenvalue weighted by Crippen LogP contribution is 2.31. The monoisotopic (exact) mass is 380 g/mol. The highest BCUT2D eigenvalue weighted by Gasteiger charge is 2.31. The first kappa shape index (κ1) is 17.0. The second kappa shape index (κ2) is 6.37. The number of halogens is 1. The van der Waals surface area contributed by atoms with Gasteiger partial charge in [-0.1, -0.05) is 6.92 Å². The summed E-state index contributed by atoms with van der Waals surface area (Å²) in [7, 11) is -1.57. The first-order chi connectivity index (χ1) is 9.76. The van der Waals surface area contributed by atoms with Crippen LogP contribution in [0.25, 0.3) is 0 Å². The summed E-state index contributed by atoms with van der Waals surface area (Å²) in [5, 5.41) is 9.01. The van der Waals surface area contributed by atoms with Crippen LogP contribution in [0.1, 0.15) is 25.5 Å². The number of aliphatic hydroxyl groups is 1. The predicted molar refractivity (Wildman–Crippen MR) is 82.4 cm³/mol. The van der Waals surface area contributed by atoms with Crippen LogP contribution < -0.4 is 4.72 Å². The van der Waals surface area contributed by atoms with Gasteiger partial charge >= 0.3 is 0 Å². The van der Waals surface area contributed by atoms with Crippen LogP contribution in [-0.4, -0.2) is 45.1 Å². The lowest BCUT2D eigenvalue weighted by atomic mass is 9.81. The molecule has 8 heteroatoms. The lowest BCUT2D eigenvalue weighted by molar-refractivity contribution is 0.143. The first-order valence-electron chi connectivity index (χ1n) is 6.83. The van der Waals surface area contributed by atoms with E-state index in [1.807, 2.05) is 0 Å². The quantitative estimate of drug-likeness (QED) is 0.809. The molecule has 0 spiro atoms. The number of hydrogen-bond donors (Lipinski definition) is 2. The molecule has 2 heterocycles. The van der Waals surface area contributed by atoms with Crippen LogP contribution in [0.2, 0.25) is 0 Å². The van der Waals surface area contributed by atoms with Gasteiger partial charge in [0.2, 0.25) is 10.0 Å². The molecule has 0 amide bonds. The maximum Gasteiger partial charge on any atom is 0.244 e. The Morgan fingerprint density at radius 3 is 2.62 bits per heavy atom. The summed E-state index contributed by atoms with van der Waals surface area (Å²) < 4.78 is 32.6. The number of rotatable bonds is 5. The summed E-state index contributed by atoms with van der Waals surface area (Å²) in [4.78, 5) is 2.28. The number of likely N-dealkylation sites (tertiary alicyclic amines) is 1. The summed E-state index contributed by atoms with van der Waals surface area (Å²) in [6, 6.07) is 1.34. The molecule has 0 radical (unpaired) electrons. The fourth-order valence-corrected chi connectivity index (χ4v) is 4.54. The molecule has 0 atom stereocenters. The standard InChI is InChI=1S/C13H21BrN2O4S/c1-13(3-5-16(2)6-4-13)9-15-21(18,19)11-7-10(8-17)20-12(11)14/h7,15,17H,3-6,8-9H2,1-2H3. The Kier molecular flexibility index (Phi) is 5.15. The van der Waals surface area contributed by atoms with Crippen molar-refractivity contribution in [2.45, 2.75) is 31.3 Å². The molecule has 1 aliphatic rings. The van der Waals surface area contributed by atoms with E-state index in [-0.39, 0.29) is 27.3 Å². The molecule has 1 aliphatic heterocycles. The van der Waals surface area contributed by atoms with Crippen LogP contribution in [0.5, 0.6) is 0 Å². The van der Waals surface area contributed by atoms with Gasteiger partial charge in [-0.3, -0.25) is 0 Å². The number of nitrogens with one attached hydrogen (secondary N) is 1. The van der Waals surface area contributed by atoms with E-state index >= 15 is 0 Å². The van der Waals surface area contributed by atoms with Gasteiger partial charge in [-0.15, -0.1) is 0 Å². The number of nitrogens with zero attached hydrogens (tertiary/aromatic N) is 1. The van der Waals surface area contributed by atoms with Crippen molar-refractivity contribution in [1.29, 1.82) is 0 Å². The van der Waals surface area contributed by atoms with Gasteiger partial charge in [-0.05, 0) is 54.3 Å². The highest BCUT2D eigenvalue weighted by atomic mass is 79.9. The fraction of sp³-hybridized carbons (Fsp3) is 0.692. The summed E-state index contributed by atoms with van der Waals surface area (Å²) in [6.45, 7) is 4.12. The molecule has 1 fully saturated rings. The molecular weight excluding hydrogens is 360 g/mol. The third-order valence-corrected chi connectivity index (χ3v) is 6.29. The summed E-state index contributed by atoms with van der Waals surface area (Å²) in [6.07, 6.45) is 1.92. The predicted octanol–water partition coefficient (Wildman–Crippen LogP) is 1.54. The molecule has 6 nitrogen and oxygen atoms in total. The van der Waals surface area contributed by atoms with E-state index in [4.69, 9.17) is 9.52 Å². The first-order valence-corrected chi connectivity index (χ1v) is 9.11. The minimum Gasteiger partial charge on any atom is -0.450 e. The maximum atomic E-state index is 12.3. The maximum absolute atomic E-state index is 12.3. The van der Waals surface area contributed by atoms with E-state index < -0.39 is 10.0 Å². The number of sulfonamides is 1. The van der Waals surface area contributed by atoms with Gasteiger partial charge in [0.05, 0.1) is 0 Å². The van der Waals surface area contributed by atoms with Crippen molar-refractivity contribution in [3.63, 3.8) is 0 Å². The van der Waals surface area contributed by atoms with E-state index in [0.717, 1.165) is 25.9 Å². The van der Waals surface area contributed by atoms with Crippen molar-refractivity contribution >= 4 is 26.0 Å². The Balaban J connectivity index is 2.06. The van der Waals surface area contributed by atoms with Crippen LogP contribution in [0.3, 0.4) is 0 Å². The Hall–Kier alpha value is -0.410. The highest BCUT2D eigenvalue weighted by molar-refractivity contribution is 9.10. The minimum absolute atomic E-state index is 0.0306. The van der Waals surface area contributed by atoms with Crippen molar-refractivity contribution in [3.8, 4) is 0 Å². The van der Waals surface area contributed by atoms with E-state index in [1.165, 1.54) is 6.07 Å². The molecule has 1 aromatic rings. The minimum atomic E-state index is -3.65. The van der Waals surface area contributed by atoms with Crippen LogP contribution in [0.4, 0.5) is 0 Å². The van der Waals surface area contributed by atoms with E-state index in [9.17, 15) is 8.42 Å². The summed E-state index contributed by atoms with van der Waals surface area (Å²) in [5.41, 5.74) is -0.0321. The molecule has 0 aliphatic carbocycles. The Bertz CT molecular complexity index is 591. The molecule has 120 valence electrons. The second-order valence-corrected chi connectivity index (χ2v) is 8.40. The van der Waals surface area contributed by atoms with Gasteiger partial charge in [0.15, 0.2) is 4.67 Å². The number of hydrogen-bond acceptors (Lipinski definition) is 5. The zero-order valence-corrected chi connectivity index (χ0v) is 14.6. The normalized spacial score (nSPS) is 19.8. The Labute approximate surface area is 133 Å². The third kappa shape index (κ3) is 4.07. The number of piperidine rings is 1. The van der Waals surface area contributed by atoms with Crippen LogP contribution >= 0.6 is 15.9 Å². The lowest BCUT2D eigenvalue weighted by Gasteiger charge is -2.37. The molecular formula is C13H21BrN2O4S. The molecule has 0 unspecified atom stereocenters. The van der Waals surface area contributed by atoms with Crippen molar-refractivity contribution in [1.82, 2.24) is 9.62 Å². The summed E-state index contributed by atoms with van der Waals surface area (Å²) in [5.74, 6) is 0.216.